The molecule has 1 heterocycles. The molecule has 20 heavy (non-hydrogen) atoms. The lowest BCUT2D eigenvalue weighted by molar-refractivity contribution is 0.193. The first-order chi connectivity index (χ1) is 9.58. The van der Waals surface area contributed by atoms with Gasteiger partial charge in [0.25, 0.3) is 0 Å². The van der Waals surface area contributed by atoms with Gasteiger partial charge in [0.15, 0.2) is 0 Å². The molecule has 110 valence electrons. The standard InChI is InChI=1S/C16H22ClFN2/c1-16(12-6-7-12)11-20(9-3-8-19-16)10-13-14(17)4-2-5-15(13)18/h2,4-5,12,19H,3,6-11H2,1H3. The second-order valence-corrected chi connectivity index (χ2v) is 6.79. The molecule has 1 N–H and O–H groups in total. The number of benzene rings is 1. The molecule has 1 aromatic carbocycles. The maximum absolute atomic E-state index is 13.9. The van der Waals surface area contributed by atoms with Gasteiger partial charge in [-0.15, -0.1) is 0 Å². The highest BCUT2D eigenvalue weighted by Gasteiger charge is 2.42. The second kappa shape index (κ2) is 5.63. The summed E-state index contributed by atoms with van der Waals surface area (Å²) >= 11 is 6.15. The maximum Gasteiger partial charge on any atom is 0.129 e. The van der Waals surface area contributed by atoms with E-state index in [0.717, 1.165) is 32.0 Å². The molecule has 2 aliphatic rings. The number of rotatable bonds is 3. The van der Waals surface area contributed by atoms with Crippen LogP contribution in [-0.4, -0.2) is 30.1 Å². The van der Waals surface area contributed by atoms with Gasteiger partial charge in [-0.05, 0) is 57.3 Å². The van der Waals surface area contributed by atoms with Crippen molar-refractivity contribution in [2.24, 2.45) is 5.92 Å². The summed E-state index contributed by atoms with van der Waals surface area (Å²) in [5.74, 6) is 0.585. The molecule has 0 aromatic heterocycles. The lowest BCUT2D eigenvalue weighted by Gasteiger charge is -2.34. The van der Waals surface area contributed by atoms with Gasteiger partial charge in [-0.1, -0.05) is 17.7 Å². The van der Waals surface area contributed by atoms with Crippen LogP contribution in [0, 0.1) is 11.7 Å². The molecule has 4 heteroatoms. The minimum atomic E-state index is -0.192. The first-order valence-electron chi connectivity index (χ1n) is 7.49. The number of halogens is 2. The van der Waals surface area contributed by atoms with Crippen LogP contribution in [0.2, 0.25) is 5.02 Å². The minimum absolute atomic E-state index is 0.175. The van der Waals surface area contributed by atoms with Crippen molar-refractivity contribution in [3.63, 3.8) is 0 Å². The highest BCUT2D eigenvalue weighted by atomic mass is 35.5. The molecule has 1 unspecified atom stereocenters. The summed E-state index contributed by atoms with van der Waals surface area (Å²) in [5, 5.41) is 4.23. The summed E-state index contributed by atoms with van der Waals surface area (Å²) in [7, 11) is 0. The molecule has 1 aromatic rings. The molecular formula is C16H22ClFN2. The average Bonchev–Trinajstić information content (AvgIpc) is 3.22. The molecule has 0 amide bonds. The third-order valence-corrected chi connectivity index (χ3v) is 5.01. The SMILES string of the molecule is CC1(C2CC2)CN(Cc2c(F)cccc2Cl)CCCN1. The predicted molar refractivity (Wildman–Crippen MR) is 80.4 cm³/mol. The van der Waals surface area contributed by atoms with E-state index in [1.54, 1.807) is 12.1 Å². The highest BCUT2D eigenvalue weighted by molar-refractivity contribution is 6.31. The molecule has 1 saturated heterocycles. The highest BCUT2D eigenvalue weighted by Crippen LogP contribution is 2.40. The summed E-state index contributed by atoms with van der Waals surface area (Å²) in [6, 6.07) is 4.94. The minimum Gasteiger partial charge on any atom is -0.310 e. The smallest absolute Gasteiger partial charge is 0.129 e. The van der Waals surface area contributed by atoms with Crippen molar-refractivity contribution in [2.45, 2.75) is 38.3 Å². The lowest BCUT2D eigenvalue weighted by Crippen LogP contribution is -2.50. The Balaban J connectivity index is 1.75. The zero-order chi connectivity index (χ0) is 14.2. The Labute approximate surface area is 125 Å². The third-order valence-electron chi connectivity index (χ3n) is 4.65. The lowest BCUT2D eigenvalue weighted by atomic mass is 9.95. The van der Waals surface area contributed by atoms with E-state index in [4.69, 9.17) is 11.6 Å². The molecule has 2 fully saturated rings. The van der Waals surface area contributed by atoms with Crippen molar-refractivity contribution < 1.29 is 4.39 Å². The Kier molecular flexibility index (Phi) is 4.02. The van der Waals surface area contributed by atoms with Gasteiger partial charge in [-0.2, -0.15) is 0 Å². The van der Waals surface area contributed by atoms with Crippen molar-refractivity contribution in [2.75, 3.05) is 19.6 Å². The van der Waals surface area contributed by atoms with Crippen LogP contribution in [0.4, 0.5) is 4.39 Å². The van der Waals surface area contributed by atoms with E-state index in [0.29, 0.717) is 17.1 Å². The van der Waals surface area contributed by atoms with Gasteiger partial charge in [0, 0.05) is 29.2 Å². The third kappa shape index (κ3) is 3.00. The first kappa shape index (κ1) is 14.3. The van der Waals surface area contributed by atoms with Crippen molar-refractivity contribution in [1.29, 1.82) is 0 Å². The normalized spacial score (nSPS) is 28.4. The Morgan fingerprint density at radius 2 is 2.25 bits per heavy atom. The Morgan fingerprint density at radius 1 is 1.45 bits per heavy atom. The molecule has 3 rings (SSSR count). The number of hydrogen-bond donors (Lipinski definition) is 1. The number of nitrogens with zero attached hydrogens (tertiary/aromatic N) is 1. The second-order valence-electron chi connectivity index (χ2n) is 6.38. The van der Waals surface area contributed by atoms with Crippen molar-refractivity contribution in [1.82, 2.24) is 10.2 Å². The van der Waals surface area contributed by atoms with E-state index in [2.05, 4.69) is 17.1 Å². The van der Waals surface area contributed by atoms with Crippen LogP contribution in [-0.2, 0) is 6.54 Å². The van der Waals surface area contributed by atoms with Crippen molar-refractivity contribution in [3.05, 3.63) is 34.6 Å². The van der Waals surface area contributed by atoms with Crippen LogP contribution < -0.4 is 5.32 Å². The summed E-state index contributed by atoms with van der Waals surface area (Å²) in [4.78, 5) is 2.35. The molecule has 1 saturated carbocycles. The van der Waals surface area contributed by atoms with Crippen molar-refractivity contribution in [3.8, 4) is 0 Å². The van der Waals surface area contributed by atoms with Crippen LogP contribution in [0.1, 0.15) is 31.7 Å². The van der Waals surface area contributed by atoms with Crippen LogP contribution in [0.15, 0.2) is 18.2 Å². The van der Waals surface area contributed by atoms with E-state index >= 15 is 0 Å². The zero-order valence-electron chi connectivity index (χ0n) is 12.0. The average molecular weight is 297 g/mol. The fourth-order valence-electron chi connectivity index (χ4n) is 3.31. The van der Waals surface area contributed by atoms with E-state index in [-0.39, 0.29) is 11.4 Å². The molecule has 0 bridgehead atoms. The van der Waals surface area contributed by atoms with Crippen molar-refractivity contribution >= 4 is 11.6 Å². The predicted octanol–water partition coefficient (Wildman–Crippen LogP) is 3.44. The molecule has 1 atom stereocenters. The monoisotopic (exact) mass is 296 g/mol. The van der Waals surface area contributed by atoms with Crippen LogP contribution >= 0.6 is 11.6 Å². The van der Waals surface area contributed by atoms with Gasteiger partial charge in [0.2, 0.25) is 0 Å². The summed E-state index contributed by atoms with van der Waals surface area (Å²) in [5.41, 5.74) is 0.808. The Morgan fingerprint density at radius 3 is 2.95 bits per heavy atom. The number of nitrogens with one attached hydrogen (secondary N) is 1. The first-order valence-corrected chi connectivity index (χ1v) is 7.86. The Bertz CT molecular complexity index is 469. The number of hydrogen-bond acceptors (Lipinski definition) is 2. The molecular weight excluding hydrogens is 275 g/mol. The topological polar surface area (TPSA) is 15.3 Å². The largest absolute Gasteiger partial charge is 0.310 e. The summed E-state index contributed by atoms with van der Waals surface area (Å²) in [6.45, 7) is 5.94. The Hall–Kier alpha value is -0.640. The van der Waals surface area contributed by atoms with E-state index in [1.807, 2.05) is 0 Å². The van der Waals surface area contributed by atoms with Gasteiger partial charge in [-0.3, -0.25) is 4.90 Å². The van der Waals surface area contributed by atoms with Gasteiger partial charge in [-0.25, -0.2) is 4.39 Å². The summed E-state index contributed by atoms with van der Waals surface area (Å²) < 4.78 is 13.9. The van der Waals surface area contributed by atoms with Crippen LogP contribution in [0.25, 0.3) is 0 Å². The van der Waals surface area contributed by atoms with Gasteiger partial charge >= 0.3 is 0 Å². The van der Waals surface area contributed by atoms with E-state index in [1.165, 1.54) is 18.9 Å². The van der Waals surface area contributed by atoms with Gasteiger partial charge < -0.3 is 5.32 Å². The van der Waals surface area contributed by atoms with Crippen LogP contribution in [0.3, 0.4) is 0 Å². The molecule has 2 nitrogen and oxygen atoms in total. The maximum atomic E-state index is 13.9. The molecule has 0 radical (unpaired) electrons. The fraction of sp³-hybridized carbons (Fsp3) is 0.625. The van der Waals surface area contributed by atoms with E-state index in [9.17, 15) is 4.39 Å². The van der Waals surface area contributed by atoms with Gasteiger partial charge in [0.1, 0.15) is 5.82 Å². The van der Waals surface area contributed by atoms with Gasteiger partial charge in [0.05, 0.1) is 0 Å². The molecule has 0 spiro atoms. The summed E-state index contributed by atoms with van der Waals surface area (Å²) in [6.07, 6.45) is 3.74. The molecule has 1 aliphatic heterocycles. The van der Waals surface area contributed by atoms with E-state index < -0.39 is 0 Å². The quantitative estimate of drug-likeness (QED) is 0.919. The van der Waals surface area contributed by atoms with Crippen LogP contribution in [0.5, 0.6) is 0 Å². The molecule has 1 aliphatic carbocycles. The zero-order valence-corrected chi connectivity index (χ0v) is 12.7. The fourth-order valence-corrected chi connectivity index (χ4v) is 3.53.